The summed E-state index contributed by atoms with van der Waals surface area (Å²) in [6, 6.07) is 26.3. The highest BCUT2D eigenvalue weighted by atomic mass is 16.6. The fourth-order valence-electron chi connectivity index (χ4n) is 5.10. The van der Waals surface area contributed by atoms with E-state index in [-0.39, 0.29) is 18.2 Å². The van der Waals surface area contributed by atoms with Crippen LogP contribution in [0.3, 0.4) is 0 Å². The first-order chi connectivity index (χ1) is 19.6. The van der Waals surface area contributed by atoms with Gasteiger partial charge in [0.05, 0.1) is 0 Å². The molecule has 7 heteroatoms. The van der Waals surface area contributed by atoms with Gasteiger partial charge in [-0.2, -0.15) is 0 Å². The fourth-order valence-corrected chi connectivity index (χ4v) is 5.10. The van der Waals surface area contributed by atoms with E-state index in [1.807, 2.05) is 54.6 Å². The van der Waals surface area contributed by atoms with Crippen molar-refractivity contribution in [3.8, 4) is 11.1 Å². The monoisotopic (exact) mass is 555 g/mol. The van der Waals surface area contributed by atoms with Gasteiger partial charge in [-0.05, 0) is 68.0 Å². The summed E-state index contributed by atoms with van der Waals surface area (Å²) in [5.41, 5.74) is 4.44. The highest BCUT2D eigenvalue weighted by Gasteiger charge is 2.25. The standard InChI is InChI=1S/C34H41N3O4/c1-34(2,3)41-33(40)35-21-32(39)36(4)22-26-11-8-12-30(19-26)28-13-15-29(16-14-28)31(38)20-27-17-18-37(24-27)23-25-9-6-5-7-10-25/h5-16,19,27H,17-18,20-24H2,1-4H3,(H,35,40). The molecule has 7 nitrogen and oxygen atoms in total. The molecule has 0 radical (unpaired) electrons. The Kier molecular flexibility index (Phi) is 9.95. The van der Waals surface area contributed by atoms with Gasteiger partial charge in [-0.3, -0.25) is 14.5 Å². The molecule has 0 bridgehead atoms. The third-order valence-corrected chi connectivity index (χ3v) is 7.19. The second-order valence-corrected chi connectivity index (χ2v) is 11.9. The first-order valence-corrected chi connectivity index (χ1v) is 14.3. The van der Waals surface area contributed by atoms with E-state index in [4.69, 9.17) is 4.74 Å². The summed E-state index contributed by atoms with van der Waals surface area (Å²) in [6.45, 7) is 8.52. The molecule has 1 fully saturated rings. The van der Waals surface area contributed by atoms with Crippen LogP contribution < -0.4 is 5.32 Å². The van der Waals surface area contributed by atoms with Crippen molar-refractivity contribution in [3.05, 3.63) is 95.6 Å². The first kappa shape index (κ1) is 30.0. The van der Waals surface area contributed by atoms with Crippen LogP contribution in [-0.4, -0.2) is 59.9 Å². The van der Waals surface area contributed by atoms with Gasteiger partial charge in [-0.1, -0.05) is 72.8 Å². The molecule has 2 amide bonds. The lowest BCUT2D eigenvalue weighted by Gasteiger charge is -2.21. The number of nitrogens with one attached hydrogen (secondary N) is 1. The van der Waals surface area contributed by atoms with Gasteiger partial charge < -0.3 is 15.0 Å². The molecule has 1 aliphatic rings. The minimum Gasteiger partial charge on any atom is -0.444 e. The fraction of sp³-hybridized carbons (Fsp3) is 0.382. The lowest BCUT2D eigenvalue weighted by Crippen LogP contribution is -2.40. The molecule has 41 heavy (non-hydrogen) atoms. The molecule has 1 unspecified atom stereocenters. The van der Waals surface area contributed by atoms with Crippen LogP contribution in [0.25, 0.3) is 11.1 Å². The van der Waals surface area contributed by atoms with E-state index in [9.17, 15) is 14.4 Å². The molecular weight excluding hydrogens is 514 g/mol. The maximum Gasteiger partial charge on any atom is 0.408 e. The molecule has 1 saturated heterocycles. The second kappa shape index (κ2) is 13.6. The van der Waals surface area contributed by atoms with Crippen LogP contribution in [0, 0.1) is 5.92 Å². The van der Waals surface area contributed by atoms with Crippen LogP contribution in [0.4, 0.5) is 4.79 Å². The molecule has 1 heterocycles. The Morgan fingerprint density at radius 1 is 0.927 bits per heavy atom. The number of benzene rings is 3. The van der Waals surface area contributed by atoms with Gasteiger partial charge in [-0.25, -0.2) is 4.79 Å². The van der Waals surface area contributed by atoms with Gasteiger partial charge in [0.15, 0.2) is 5.78 Å². The van der Waals surface area contributed by atoms with Crippen LogP contribution in [0.1, 0.15) is 55.1 Å². The quantitative estimate of drug-likeness (QED) is 0.314. The van der Waals surface area contributed by atoms with E-state index in [2.05, 4.69) is 34.5 Å². The number of nitrogens with zero attached hydrogens (tertiary/aromatic N) is 2. The number of carbonyl (C=O) groups excluding carboxylic acids is 3. The third-order valence-electron chi connectivity index (χ3n) is 7.19. The van der Waals surface area contributed by atoms with E-state index < -0.39 is 11.7 Å². The average Bonchev–Trinajstić information content (AvgIpc) is 3.38. The molecule has 1 aliphatic heterocycles. The number of likely N-dealkylation sites (tertiary alicyclic amines) is 1. The van der Waals surface area contributed by atoms with Crippen molar-refractivity contribution in [1.29, 1.82) is 0 Å². The number of ether oxygens (including phenoxy) is 1. The first-order valence-electron chi connectivity index (χ1n) is 14.3. The molecule has 0 aromatic heterocycles. The van der Waals surface area contributed by atoms with Gasteiger partial charge in [-0.15, -0.1) is 0 Å². The number of Topliss-reactive ketones (excluding diaryl/α,β-unsaturated/α-hetero) is 1. The molecule has 1 N–H and O–H groups in total. The van der Waals surface area contributed by atoms with E-state index in [0.29, 0.717) is 18.9 Å². The lowest BCUT2D eigenvalue weighted by molar-refractivity contribution is -0.129. The Labute approximate surface area is 243 Å². The summed E-state index contributed by atoms with van der Waals surface area (Å²) in [4.78, 5) is 41.4. The number of rotatable bonds is 10. The average molecular weight is 556 g/mol. The molecule has 4 rings (SSSR count). The molecule has 3 aromatic carbocycles. The predicted molar refractivity (Wildman–Crippen MR) is 161 cm³/mol. The van der Waals surface area contributed by atoms with E-state index in [1.165, 1.54) is 5.56 Å². The van der Waals surface area contributed by atoms with Gasteiger partial charge in [0, 0.05) is 38.7 Å². The minimum absolute atomic E-state index is 0.132. The van der Waals surface area contributed by atoms with Crippen LogP contribution in [-0.2, 0) is 22.6 Å². The highest BCUT2D eigenvalue weighted by molar-refractivity contribution is 5.96. The van der Waals surface area contributed by atoms with Gasteiger partial charge >= 0.3 is 6.09 Å². The zero-order valence-corrected chi connectivity index (χ0v) is 24.6. The number of amides is 2. The predicted octanol–water partition coefficient (Wildman–Crippen LogP) is 5.93. The van der Waals surface area contributed by atoms with Crippen molar-refractivity contribution in [1.82, 2.24) is 15.1 Å². The van der Waals surface area contributed by atoms with E-state index in [0.717, 1.165) is 48.3 Å². The van der Waals surface area contributed by atoms with Gasteiger partial charge in [0.1, 0.15) is 12.1 Å². The van der Waals surface area contributed by atoms with Crippen molar-refractivity contribution < 1.29 is 19.1 Å². The van der Waals surface area contributed by atoms with Crippen LogP contribution in [0.5, 0.6) is 0 Å². The molecular formula is C34H41N3O4. The molecule has 216 valence electrons. The number of hydrogen-bond acceptors (Lipinski definition) is 5. The topological polar surface area (TPSA) is 79.0 Å². The second-order valence-electron chi connectivity index (χ2n) is 11.9. The Hall–Kier alpha value is -3.97. The van der Waals surface area contributed by atoms with Crippen molar-refractivity contribution in [3.63, 3.8) is 0 Å². The number of ketones is 1. The number of alkyl carbamates (subject to hydrolysis) is 1. The summed E-state index contributed by atoms with van der Waals surface area (Å²) in [5, 5.41) is 2.51. The molecule has 0 spiro atoms. The Morgan fingerprint density at radius 2 is 1.63 bits per heavy atom. The summed E-state index contributed by atoms with van der Waals surface area (Å²) >= 11 is 0. The van der Waals surface area contributed by atoms with Crippen molar-refractivity contribution in [2.24, 2.45) is 5.92 Å². The molecule has 0 aliphatic carbocycles. The molecule has 3 aromatic rings. The van der Waals surface area contributed by atoms with Crippen LogP contribution >= 0.6 is 0 Å². The smallest absolute Gasteiger partial charge is 0.408 e. The Bertz CT molecular complexity index is 1330. The summed E-state index contributed by atoms with van der Waals surface area (Å²) < 4.78 is 5.19. The summed E-state index contributed by atoms with van der Waals surface area (Å²) in [6.07, 6.45) is 1.01. The SMILES string of the molecule is CN(Cc1cccc(-c2ccc(C(=O)CC3CCN(Cc4ccccc4)C3)cc2)c1)C(=O)CNC(=O)OC(C)(C)C. The summed E-state index contributed by atoms with van der Waals surface area (Å²) in [5.74, 6) is 0.369. The maximum atomic E-state index is 13.0. The zero-order chi connectivity index (χ0) is 29.4. The Morgan fingerprint density at radius 3 is 2.34 bits per heavy atom. The number of carbonyl (C=O) groups is 3. The number of likely N-dealkylation sites (N-methyl/N-ethyl adjacent to an activating group) is 1. The van der Waals surface area contributed by atoms with Crippen molar-refractivity contribution in [2.45, 2.75) is 52.3 Å². The minimum atomic E-state index is -0.620. The van der Waals surface area contributed by atoms with Crippen molar-refractivity contribution >= 4 is 17.8 Å². The van der Waals surface area contributed by atoms with Crippen LogP contribution in [0.15, 0.2) is 78.9 Å². The largest absolute Gasteiger partial charge is 0.444 e. The lowest BCUT2D eigenvalue weighted by atomic mass is 9.95. The maximum absolute atomic E-state index is 13.0. The normalized spacial score (nSPS) is 15.4. The van der Waals surface area contributed by atoms with Crippen LogP contribution in [0.2, 0.25) is 0 Å². The van der Waals surface area contributed by atoms with E-state index in [1.54, 1.807) is 32.7 Å². The van der Waals surface area contributed by atoms with E-state index >= 15 is 0 Å². The highest BCUT2D eigenvalue weighted by Crippen LogP contribution is 2.25. The van der Waals surface area contributed by atoms with Crippen molar-refractivity contribution in [2.75, 3.05) is 26.7 Å². The summed E-state index contributed by atoms with van der Waals surface area (Å²) in [7, 11) is 1.71. The molecule has 1 atom stereocenters. The zero-order valence-electron chi connectivity index (χ0n) is 24.6. The van der Waals surface area contributed by atoms with Gasteiger partial charge in [0.25, 0.3) is 0 Å². The molecule has 0 saturated carbocycles. The van der Waals surface area contributed by atoms with Gasteiger partial charge in [0.2, 0.25) is 5.91 Å². The number of hydrogen-bond donors (Lipinski definition) is 1. The third kappa shape index (κ3) is 9.29. The Balaban J connectivity index is 1.27.